The average molecular weight is 237 g/mol. The number of allylic oxidation sites excluding steroid dienone is 1. The third-order valence-corrected chi connectivity index (χ3v) is 1.72. The molecule has 0 saturated carbocycles. The minimum atomic E-state index is -0.327. The Hall–Kier alpha value is -1.83. The predicted molar refractivity (Wildman–Crippen MR) is 64.8 cm³/mol. The first-order chi connectivity index (χ1) is 7.85. The highest BCUT2D eigenvalue weighted by molar-refractivity contribution is 5.87. The van der Waals surface area contributed by atoms with Crippen molar-refractivity contribution in [3.05, 3.63) is 12.2 Å². The summed E-state index contributed by atoms with van der Waals surface area (Å²) in [6.45, 7) is 6.68. The van der Waals surface area contributed by atoms with Gasteiger partial charge in [0.25, 0.3) is 0 Å². The van der Waals surface area contributed by atoms with E-state index in [0.29, 0.717) is 13.1 Å². The number of nitrogens with zero attached hydrogens (tertiary/aromatic N) is 1. The molecule has 0 fully saturated rings. The summed E-state index contributed by atoms with van der Waals surface area (Å²) in [6.07, 6.45) is 3.14. The summed E-state index contributed by atoms with van der Waals surface area (Å²) in [6, 6.07) is 1.74. The lowest BCUT2D eigenvalue weighted by atomic mass is 9.96. The van der Waals surface area contributed by atoms with E-state index in [1.807, 2.05) is 26.8 Å². The van der Waals surface area contributed by atoms with Crippen molar-refractivity contribution in [3.63, 3.8) is 0 Å². The number of hydrogen-bond acceptors (Lipinski definition) is 3. The van der Waals surface area contributed by atoms with Crippen LogP contribution in [0.3, 0.4) is 0 Å². The van der Waals surface area contributed by atoms with E-state index < -0.39 is 0 Å². The minimum Gasteiger partial charge on any atom is -0.353 e. The van der Waals surface area contributed by atoms with Gasteiger partial charge in [-0.05, 0) is 11.5 Å². The fourth-order valence-electron chi connectivity index (χ4n) is 0.907. The summed E-state index contributed by atoms with van der Waals surface area (Å²) in [5, 5.41) is 13.4. The SMILES string of the molecule is CC(C)(C)/C=C/C(=O)NCCNC(=O)CC#N. The quantitative estimate of drug-likeness (QED) is 0.546. The molecule has 94 valence electrons. The maximum Gasteiger partial charge on any atom is 0.243 e. The van der Waals surface area contributed by atoms with Crippen molar-refractivity contribution in [2.45, 2.75) is 27.2 Å². The molecule has 5 nitrogen and oxygen atoms in total. The van der Waals surface area contributed by atoms with Gasteiger partial charge in [-0.25, -0.2) is 0 Å². The highest BCUT2D eigenvalue weighted by Crippen LogP contribution is 2.13. The van der Waals surface area contributed by atoms with Crippen LogP contribution in [-0.4, -0.2) is 24.9 Å². The first kappa shape index (κ1) is 15.2. The van der Waals surface area contributed by atoms with Gasteiger partial charge in [0, 0.05) is 13.1 Å². The second-order valence-corrected chi connectivity index (χ2v) is 4.68. The predicted octanol–water partition coefficient (Wildman–Crippen LogP) is 0.735. The smallest absolute Gasteiger partial charge is 0.243 e. The van der Waals surface area contributed by atoms with E-state index in [9.17, 15) is 9.59 Å². The molecule has 0 spiro atoms. The summed E-state index contributed by atoms with van der Waals surface area (Å²) in [7, 11) is 0. The number of hydrogen-bond donors (Lipinski definition) is 2. The Kier molecular flexibility index (Phi) is 6.64. The van der Waals surface area contributed by atoms with Gasteiger partial charge in [-0.15, -0.1) is 0 Å². The van der Waals surface area contributed by atoms with Crippen molar-refractivity contribution in [2.24, 2.45) is 5.41 Å². The molecule has 0 heterocycles. The van der Waals surface area contributed by atoms with Gasteiger partial charge in [-0.3, -0.25) is 9.59 Å². The Morgan fingerprint density at radius 1 is 1.24 bits per heavy atom. The molecule has 0 rings (SSSR count). The van der Waals surface area contributed by atoms with Crippen LogP contribution >= 0.6 is 0 Å². The molecule has 2 amide bonds. The molecule has 0 aromatic rings. The number of nitriles is 1. The van der Waals surface area contributed by atoms with Crippen LogP contribution in [0.15, 0.2) is 12.2 Å². The molecule has 0 aliphatic carbocycles. The van der Waals surface area contributed by atoms with Crippen molar-refractivity contribution in [1.29, 1.82) is 5.26 Å². The summed E-state index contributed by atoms with van der Waals surface area (Å²) in [5.41, 5.74) is -0.0294. The van der Waals surface area contributed by atoms with Gasteiger partial charge in [0.2, 0.25) is 11.8 Å². The van der Waals surface area contributed by atoms with E-state index in [1.165, 1.54) is 6.08 Å². The van der Waals surface area contributed by atoms with Gasteiger partial charge < -0.3 is 10.6 Å². The van der Waals surface area contributed by atoms with E-state index in [0.717, 1.165) is 0 Å². The highest BCUT2D eigenvalue weighted by atomic mass is 16.2. The lowest BCUT2D eigenvalue weighted by Crippen LogP contribution is -2.33. The average Bonchev–Trinajstić information content (AvgIpc) is 2.21. The van der Waals surface area contributed by atoms with Crippen LogP contribution in [0.25, 0.3) is 0 Å². The third kappa shape index (κ3) is 10.5. The molecule has 0 radical (unpaired) electrons. The molecule has 0 aliphatic rings. The largest absolute Gasteiger partial charge is 0.353 e. The zero-order valence-corrected chi connectivity index (χ0v) is 10.5. The van der Waals surface area contributed by atoms with Crippen molar-refractivity contribution in [1.82, 2.24) is 10.6 Å². The van der Waals surface area contributed by atoms with Crippen LogP contribution in [0.5, 0.6) is 0 Å². The van der Waals surface area contributed by atoms with Crippen LogP contribution in [0.1, 0.15) is 27.2 Å². The molecule has 0 saturated heterocycles. The molecular weight excluding hydrogens is 218 g/mol. The zero-order valence-electron chi connectivity index (χ0n) is 10.5. The van der Waals surface area contributed by atoms with Crippen LogP contribution in [0, 0.1) is 16.7 Å². The summed E-state index contributed by atoms with van der Waals surface area (Å²) in [4.78, 5) is 22.2. The Balaban J connectivity index is 3.70. The van der Waals surface area contributed by atoms with Crippen molar-refractivity contribution in [2.75, 3.05) is 13.1 Å². The van der Waals surface area contributed by atoms with E-state index in [1.54, 1.807) is 6.07 Å². The van der Waals surface area contributed by atoms with Gasteiger partial charge in [0.05, 0.1) is 6.07 Å². The number of carbonyl (C=O) groups excluding carboxylic acids is 2. The number of nitrogens with one attached hydrogen (secondary N) is 2. The molecule has 17 heavy (non-hydrogen) atoms. The molecule has 0 aromatic heterocycles. The topological polar surface area (TPSA) is 82.0 Å². The van der Waals surface area contributed by atoms with Crippen molar-refractivity contribution < 1.29 is 9.59 Å². The van der Waals surface area contributed by atoms with Crippen LogP contribution in [0.4, 0.5) is 0 Å². The molecule has 2 N–H and O–H groups in total. The Labute approximate surface area is 102 Å². The van der Waals surface area contributed by atoms with Gasteiger partial charge in [-0.1, -0.05) is 26.8 Å². The summed E-state index contributed by atoms with van der Waals surface area (Å²) >= 11 is 0. The van der Waals surface area contributed by atoms with Crippen LogP contribution in [-0.2, 0) is 9.59 Å². The summed E-state index contributed by atoms with van der Waals surface area (Å²) in [5.74, 6) is -0.513. The van der Waals surface area contributed by atoms with Gasteiger partial charge in [0.1, 0.15) is 6.42 Å². The van der Waals surface area contributed by atoms with Crippen molar-refractivity contribution in [3.8, 4) is 6.07 Å². The fourth-order valence-corrected chi connectivity index (χ4v) is 0.907. The summed E-state index contributed by atoms with van der Waals surface area (Å²) < 4.78 is 0. The van der Waals surface area contributed by atoms with E-state index >= 15 is 0 Å². The van der Waals surface area contributed by atoms with Crippen LogP contribution in [0.2, 0.25) is 0 Å². The molecule has 0 unspecified atom stereocenters. The molecular formula is C12H19N3O2. The molecule has 0 atom stereocenters. The van der Waals surface area contributed by atoms with Crippen molar-refractivity contribution >= 4 is 11.8 Å². The zero-order chi connectivity index (χ0) is 13.3. The van der Waals surface area contributed by atoms with E-state index in [-0.39, 0.29) is 23.7 Å². The lowest BCUT2D eigenvalue weighted by Gasteiger charge is -2.10. The third-order valence-electron chi connectivity index (χ3n) is 1.72. The molecule has 0 aromatic carbocycles. The Bertz CT molecular complexity index is 335. The van der Waals surface area contributed by atoms with E-state index in [2.05, 4.69) is 10.6 Å². The highest BCUT2D eigenvalue weighted by Gasteiger charge is 2.05. The number of amides is 2. The van der Waals surface area contributed by atoms with Gasteiger partial charge in [-0.2, -0.15) is 5.26 Å². The molecule has 0 bridgehead atoms. The first-order valence-electron chi connectivity index (χ1n) is 5.46. The van der Waals surface area contributed by atoms with E-state index in [4.69, 9.17) is 5.26 Å². The van der Waals surface area contributed by atoms with Gasteiger partial charge >= 0.3 is 0 Å². The lowest BCUT2D eigenvalue weighted by molar-refractivity contribution is -0.120. The second-order valence-electron chi connectivity index (χ2n) is 4.68. The van der Waals surface area contributed by atoms with Crippen LogP contribution < -0.4 is 10.6 Å². The second kappa shape index (κ2) is 7.44. The molecule has 0 aliphatic heterocycles. The maximum atomic E-state index is 11.3. The standard InChI is InChI=1S/C12H19N3O2/c1-12(2,3)6-4-10(16)14-8-9-15-11(17)5-7-13/h4,6H,5,8-9H2,1-3H3,(H,14,16)(H,15,17)/b6-4+. The van der Waals surface area contributed by atoms with Gasteiger partial charge in [0.15, 0.2) is 0 Å². The maximum absolute atomic E-state index is 11.3. The Morgan fingerprint density at radius 2 is 1.82 bits per heavy atom. The normalized spacial score (nSPS) is 10.9. The monoisotopic (exact) mass is 237 g/mol. The number of carbonyl (C=O) groups is 2. The Morgan fingerprint density at radius 3 is 2.35 bits per heavy atom. The fraction of sp³-hybridized carbons (Fsp3) is 0.583. The molecule has 5 heteroatoms. The minimum absolute atomic E-state index is 0.0294. The number of rotatable bonds is 5. The first-order valence-corrected chi connectivity index (χ1v) is 5.46.